The highest BCUT2D eigenvalue weighted by molar-refractivity contribution is 6.36. The van der Waals surface area contributed by atoms with Gasteiger partial charge in [0, 0.05) is 10.7 Å². The molecule has 2 aromatic rings. The first-order valence-corrected chi connectivity index (χ1v) is 6.95. The standard InChI is InChI=1S/C15H14Cl2N2O2/c1-9-6-13(17)14(7-12(9)16)19-15(20)8-21-11-4-2-10(18)3-5-11/h2-7H,8,18H2,1H3,(H,19,20). The fourth-order valence-corrected chi connectivity index (χ4v) is 2.07. The Bertz CT molecular complexity index is 657. The number of amides is 1. The second-order valence-electron chi connectivity index (χ2n) is 4.49. The molecule has 2 rings (SSSR count). The summed E-state index contributed by atoms with van der Waals surface area (Å²) in [6.45, 7) is 1.70. The Morgan fingerprint density at radius 1 is 1.19 bits per heavy atom. The minimum Gasteiger partial charge on any atom is -0.484 e. The molecule has 0 atom stereocenters. The van der Waals surface area contributed by atoms with Crippen LogP contribution >= 0.6 is 23.2 Å². The highest BCUT2D eigenvalue weighted by atomic mass is 35.5. The van der Waals surface area contributed by atoms with Gasteiger partial charge in [0.1, 0.15) is 5.75 Å². The molecule has 0 aliphatic rings. The summed E-state index contributed by atoms with van der Waals surface area (Å²) in [5.74, 6) is 0.237. The van der Waals surface area contributed by atoms with E-state index in [9.17, 15) is 4.79 Å². The van der Waals surface area contributed by atoms with Gasteiger partial charge in [-0.25, -0.2) is 0 Å². The van der Waals surface area contributed by atoms with Crippen molar-refractivity contribution in [3.63, 3.8) is 0 Å². The third-order valence-corrected chi connectivity index (χ3v) is 3.49. The van der Waals surface area contributed by atoms with E-state index in [1.165, 1.54) is 0 Å². The van der Waals surface area contributed by atoms with Crippen molar-refractivity contribution in [3.05, 3.63) is 52.0 Å². The van der Waals surface area contributed by atoms with E-state index in [4.69, 9.17) is 33.7 Å². The highest BCUT2D eigenvalue weighted by Gasteiger charge is 2.09. The predicted molar refractivity (Wildman–Crippen MR) is 86.2 cm³/mol. The summed E-state index contributed by atoms with van der Waals surface area (Å²) < 4.78 is 5.35. The lowest BCUT2D eigenvalue weighted by atomic mass is 10.2. The SMILES string of the molecule is Cc1cc(Cl)c(NC(=O)COc2ccc(N)cc2)cc1Cl. The number of aryl methyl sites for hydroxylation is 1. The van der Waals surface area contributed by atoms with Crippen LogP contribution in [0.1, 0.15) is 5.56 Å². The Kier molecular flexibility index (Phi) is 4.94. The summed E-state index contributed by atoms with van der Waals surface area (Å²) in [6, 6.07) is 10.1. The lowest BCUT2D eigenvalue weighted by Crippen LogP contribution is -2.20. The quantitative estimate of drug-likeness (QED) is 0.838. The van der Waals surface area contributed by atoms with Gasteiger partial charge < -0.3 is 15.8 Å². The van der Waals surface area contributed by atoms with E-state index in [0.717, 1.165) is 5.56 Å². The number of benzene rings is 2. The number of anilines is 2. The number of nitrogen functional groups attached to an aromatic ring is 1. The lowest BCUT2D eigenvalue weighted by Gasteiger charge is -2.10. The van der Waals surface area contributed by atoms with Crippen LogP contribution in [0.4, 0.5) is 11.4 Å². The van der Waals surface area contributed by atoms with Crippen molar-refractivity contribution in [1.82, 2.24) is 0 Å². The van der Waals surface area contributed by atoms with Gasteiger partial charge in [0.2, 0.25) is 0 Å². The molecular formula is C15H14Cl2N2O2. The van der Waals surface area contributed by atoms with E-state index in [1.54, 1.807) is 36.4 Å². The molecule has 0 aromatic heterocycles. The van der Waals surface area contributed by atoms with Gasteiger partial charge in [0.05, 0.1) is 10.7 Å². The second-order valence-corrected chi connectivity index (χ2v) is 5.30. The molecule has 0 saturated heterocycles. The molecule has 2 aromatic carbocycles. The van der Waals surface area contributed by atoms with E-state index in [1.807, 2.05) is 6.92 Å². The van der Waals surface area contributed by atoms with Crippen LogP contribution in [-0.2, 0) is 4.79 Å². The van der Waals surface area contributed by atoms with Crippen molar-refractivity contribution in [2.75, 3.05) is 17.7 Å². The van der Waals surface area contributed by atoms with Crippen LogP contribution in [-0.4, -0.2) is 12.5 Å². The smallest absolute Gasteiger partial charge is 0.262 e. The maximum atomic E-state index is 11.8. The van der Waals surface area contributed by atoms with Gasteiger partial charge in [-0.3, -0.25) is 4.79 Å². The number of halogens is 2. The molecule has 0 saturated carbocycles. The molecule has 4 nitrogen and oxygen atoms in total. The Morgan fingerprint density at radius 2 is 1.86 bits per heavy atom. The number of nitrogens with two attached hydrogens (primary N) is 1. The molecule has 0 fully saturated rings. The highest BCUT2D eigenvalue weighted by Crippen LogP contribution is 2.28. The van der Waals surface area contributed by atoms with Crippen molar-refractivity contribution in [3.8, 4) is 5.75 Å². The third kappa shape index (κ3) is 4.28. The first-order valence-electron chi connectivity index (χ1n) is 6.19. The van der Waals surface area contributed by atoms with Gasteiger partial charge in [-0.15, -0.1) is 0 Å². The van der Waals surface area contributed by atoms with Crippen LogP contribution in [0.3, 0.4) is 0 Å². The van der Waals surface area contributed by atoms with Gasteiger partial charge in [-0.05, 0) is 48.9 Å². The Hall–Kier alpha value is -1.91. The summed E-state index contributed by atoms with van der Waals surface area (Å²) in [6.07, 6.45) is 0. The van der Waals surface area contributed by atoms with Gasteiger partial charge in [-0.1, -0.05) is 23.2 Å². The fraction of sp³-hybridized carbons (Fsp3) is 0.133. The zero-order valence-electron chi connectivity index (χ0n) is 11.3. The molecule has 0 unspecified atom stereocenters. The summed E-state index contributed by atoms with van der Waals surface area (Å²) in [5, 5.41) is 3.62. The van der Waals surface area contributed by atoms with E-state index in [-0.39, 0.29) is 12.5 Å². The molecule has 1 amide bonds. The van der Waals surface area contributed by atoms with Crippen LogP contribution in [0.15, 0.2) is 36.4 Å². The minimum absolute atomic E-state index is 0.133. The normalized spacial score (nSPS) is 10.2. The minimum atomic E-state index is -0.325. The Balaban J connectivity index is 1.96. The van der Waals surface area contributed by atoms with Crippen molar-refractivity contribution >= 4 is 40.5 Å². The number of hydrogen-bond acceptors (Lipinski definition) is 3. The molecule has 6 heteroatoms. The van der Waals surface area contributed by atoms with Crippen molar-refractivity contribution in [2.24, 2.45) is 0 Å². The number of rotatable bonds is 4. The van der Waals surface area contributed by atoms with Crippen LogP contribution in [0.2, 0.25) is 10.0 Å². The lowest BCUT2D eigenvalue weighted by molar-refractivity contribution is -0.118. The van der Waals surface area contributed by atoms with E-state index < -0.39 is 0 Å². The van der Waals surface area contributed by atoms with Gasteiger partial charge in [0.15, 0.2) is 6.61 Å². The Labute approximate surface area is 132 Å². The fourth-order valence-electron chi connectivity index (χ4n) is 1.64. The molecule has 0 radical (unpaired) electrons. The number of nitrogens with one attached hydrogen (secondary N) is 1. The number of carbonyl (C=O) groups is 1. The van der Waals surface area contributed by atoms with E-state index >= 15 is 0 Å². The van der Waals surface area contributed by atoms with E-state index in [2.05, 4.69) is 5.32 Å². The zero-order chi connectivity index (χ0) is 15.4. The molecule has 0 bridgehead atoms. The summed E-state index contributed by atoms with van der Waals surface area (Å²) in [5.41, 5.74) is 7.50. The molecule has 21 heavy (non-hydrogen) atoms. The first kappa shape index (κ1) is 15.5. The number of carbonyl (C=O) groups excluding carboxylic acids is 1. The Morgan fingerprint density at radius 3 is 2.52 bits per heavy atom. The predicted octanol–water partition coefficient (Wildman–Crippen LogP) is 3.90. The van der Waals surface area contributed by atoms with Gasteiger partial charge in [-0.2, -0.15) is 0 Å². The average Bonchev–Trinajstić information content (AvgIpc) is 2.44. The van der Waals surface area contributed by atoms with Crippen molar-refractivity contribution < 1.29 is 9.53 Å². The van der Waals surface area contributed by atoms with Crippen LogP contribution in [0.25, 0.3) is 0 Å². The molecule has 0 heterocycles. The van der Waals surface area contributed by atoms with Gasteiger partial charge >= 0.3 is 0 Å². The summed E-state index contributed by atoms with van der Waals surface area (Å²) in [4.78, 5) is 11.8. The van der Waals surface area contributed by atoms with Crippen LogP contribution in [0.5, 0.6) is 5.75 Å². The molecule has 3 N–H and O–H groups in total. The summed E-state index contributed by atoms with van der Waals surface area (Å²) in [7, 11) is 0. The molecule has 0 spiro atoms. The van der Waals surface area contributed by atoms with E-state index in [0.29, 0.717) is 27.2 Å². The average molecular weight is 325 g/mol. The van der Waals surface area contributed by atoms with Crippen LogP contribution < -0.4 is 15.8 Å². The van der Waals surface area contributed by atoms with Crippen molar-refractivity contribution in [2.45, 2.75) is 6.92 Å². The zero-order valence-corrected chi connectivity index (χ0v) is 12.8. The maximum absolute atomic E-state index is 11.8. The second kappa shape index (κ2) is 6.70. The van der Waals surface area contributed by atoms with Gasteiger partial charge in [0.25, 0.3) is 5.91 Å². The third-order valence-electron chi connectivity index (χ3n) is 2.77. The monoisotopic (exact) mass is 324 g/mol. The molecule has 0 aliphatic carbocycles. The van der Waals surface area contributed by atoms with Crippen LogP contribution in [0, 0.1) is 6.92 Å². The maximum Gasteiger partial charge on any atom is 0.262 e. The number of hydrogen-bond donors (Lipinski definition) is 2. The summed E-state index contributed by atoms with van der Waals surface area (Å²) >= 11 is 12.1. The van der Waals surface area contributed by atoms with Crippen molar-refractivity contribution in [1.29, 1.82) is 0 Å². The molecule has 110 valence electrons. The first-order chi connectivity index (χ1) is 9.95. The topological polar surface area (TPSA) is 64.3 Å². The molecule has 0 aliphatic heterocycles. The molecular weight excluding hydrogens is 311 g/mol. The number of ether oxygens (including phenoxy) is 1. The largest absolute Gasteiger partial charge is 0.484 e.